The zero-order valence-corrected chi connectivity index (χ0v) is 13.0. The van der Waals surface area contributed by atoms with Crippen molar-refractivity contribution in [2.24, 2.45) is 0 Å². The van der Waals surface area contributed by atoms with Crippen molar-refractivity contribution in [2.75, 3.05) is 0 Å². The molecule has 0 amide bonds. The predicted molar refractivity (Wildman–Crippen MR) is 77.2 cm³/mol. The number of hydrogen-bond acceptors (Lipinski definition) is 1. The van der Waals surface area contributed by atoms with Crippen molar-refractivity contribution < 1.29 is 12.9 Å². The maximum atomic E-state index is 12.7. The summed E-state index contributed by atoms with van der Waals surface area (Å²) in [4.78, 5) is 0. The second kappa shape index (κ2) is 6.40. The highest BCUT2D eigenvalue weighted by atomic mass is 28.4. The van der Waals surface area contributed by atoms with Crippen LogP contribution >= 0.6 is 0 Å². The SMILES string of the molecule is C=Cc1ccccc1[Si](CC(F)F)O[Si](C)(C)C. The molecule has 0 saturated carbocycles. The van der Waals surface area contributed by atoms with Crippen LogP contribution in [0.5, 0.6) is 0 Å². The van der Waals surface area contributed by atoms with E-state index in [4.69, 9.17) is 4.12 Å². The summed E-state index contributed by atoms with van der Waals surface area (Å²) < 4.78 is 31.4. The summed E-state index contributed by atoms with van der Waals surface area (Å²) in [6.45, 7) is 9.82. The summed E-state index contributed by atoms with van der Waals surface area (Å²) >= 11 is 0. The van der Waals surface area contributed by atoms with E-state index in [0.717, 1.165) is 10.8 Å². The lowest BCUT2D eigenvalue weighted by atomic mass is 10.2. The van der Waals surface area contributed by atoms with Crippen molar-refractivity contribution in [2.45, 2.75) is 32.1 Å². The van der Waals surface area contributed by atoms with Crippen molar-refractivity contribution in [1.29, 1.82) is 0 Å². The fourth-order valence-corrected chi connectivity index (χ4v) is 6.66. The molecule has 0 aliphatic heterocycles. The lowest BCUT2D eigenvalue weighted by molar-refractivity contribution is 0.168. The highest BCUT2D eigenvalue weighted by Gasteiger charge is 2.28. The molecule has 0 bridgehead atoms. The van der Waals surface area contributed by atoms with Gasteiger partial charge in [-0.15, -0.1) is 0 Å². The first-order chi connectivity index (χ1) is 8.33. The normalized spacial score (nSPS) is 12.2. The third-order valence-electron chi connectivity index (χ3n) is 2.25. The molecule has 0 unspecified atom stereocenters. The topological polar surface area (TPSA) is 9.23 Å². The van der Waals surface area contributed by atoms with Crippen LogP contribution in [0.15, 0.2) is 30.8 Å². The van der Waals surface area contributed by atoms with Crippen LogP contribution in [0.1, 0.15) is 5.56 Å². The fourth-order valence-electron chi connectivity index (χ4n) is 1.65. The molecule has 99 valence electrons. The van der Waals surface area contributed by atoms with Gasteiger partial charge in [0.15, 0.2) is 8.32 Å². The Morgan fingerprint density at radius 2 is 1.94 bits per heavy atom. The summed E-state index contributed by atoms with van der Waals surface area (Å²) in [5.74, 6) is 0. The Bertz CT molecular complexity index is 402. The van der Waals surface area contributed by atoms with Crippen molar-refractivity contribution in [3.05, 3.63) is 36.4 Å². The molecule has 0 spiro atoms. The molecule has 0 aromatic heterocycles. The molecule has 5 heteroatoms. The first kappa shape index (κ1) is 15.3. The van der Waals surface area contributed by atoms with Crippen molar-refractivity contribution in [3.8, 4) is 0 Å². The molecule has 0 aliphatic rings. The number of rotatable bonds is 6. The Morgan fingerprint density at radius 3 is 2.44 bits per heavy atom. The molecule has 0 aliphatic carbocycles. The lowest BCUT2D eigenvalue weighted by Crippen LogP contribution is -2.44. The smallest absolute Gasteiger partial charge is 0.241 e. The number of halogens is 2. The van der Waals surface area contributed by atoms with Crippen LogP contribution < -0.4 is 5.19 Å². The first-order valence-electron chi connectivity index (χ1n) is 5.88. The lowest BCUT2D eigenvalue weighted by Gasteiger charge is -2.26. The average Bonchev–Trinajstić information content (AvgIpc) is 2.25. The summed E-state index contributed by atoms with van der Waals surface area (Å²) in [5.41, 5.74) is 0.908. The quantitative estimate of drug-likeness (QED) is 0.725. The monoisotopic (exact) mass is 285 g/mol. The highest BCUT2D eigenvalue weighted by molar-refractivity contribution is 6.82. The highest BCUT2D eigenvalue weighted by Crippen LogP contribution is 2.14. The van der Waals surface area contributed by atoms with Crippen LogP contribution in [0.25, 0.3) is 6.08 Å². The summed E-state index contributed by atoms with van der Waals surface area (Å²) in [7, 11) is -3.51. The molecule has 0 fully saturated rings. The molecule has 1 aromatic rings. The van der Waals surface area contributed by atoms with E-state index in [0.29, 0.717) is 0 Å². The zero-order chi connectivity index (χ0) is 13.8. The van der Waals surface area contributed by atoms with Gasteiger partial charge in [0.2, 0.25) is 15.5 Å². The van der Waals surface area contributed by atoms with E-state index in [-0.39, 0.29) is 6.04 Å². The predicted octanol–water partition coefficient (Wildman–Crippen LogP) is 3.64. The molecule has 1 aromatic carbocycles. The van der Waals surface area contributed by atoms with Gasteiger partial charge in [0.1, 0.15) is 0 Å². The van der Waals surface area contributed by atoms with Crippen LogP contribution in [0, 0.1) is 0 Å². The molecular weight excluding hydrogens is 266 g/mol. The maximum Gasteiger partial charge on any atom is 0.241 e. The Morgan fingerprint density at radius 1 is 1.33 bits per heavy atom. The van der Waals surface area contributed by atoms with Gasteiger partial charge in [-0.1, -0.05) is 36.9 Å². The molecule has 0 saturated heterocycles. The third kappa shape index (κ3) is 4.83. The van der Waals surface area contributed by atoms with Crippen LogP contribution in [0.2, 0.25) is 25.7 Å². The fraction of sp³-hybridized carbons (Fsp3) is 0.385. The van der Waals surface area contributed by atoms with Gasteiger partial charge in [-0.25, -0.2) is 8.78 Å². The van der Waals surface area contributed by atoms with E-state index in [1.165, 1.54) is 0 Å². The van der Waals surface area contributed by atoms with E-state index in [1.54, 1.807) is 6.08 Å². The van der Waals surface area contributed by atoms with Gasteiger partial charge < -0.3 is 4.12 Å². The van der Waals surface area contributed by atoms with Gasteiger partial charge in [0, 0.05) is 6.04 Å². The minimum atomic E-state index is -2.33. The van der Waals surface area contributed by atoms with Crippen molar-refractivity contribution in [1.82, 2.24) is 0 Å². The van der Waals surface area contributed by atoms with Crippen LogP contribution in [-0.4, -0.2) is 23.8 Å². The minimum absolute atomic E-state index is 0.167. The van der Waals surface area contributed by atoms with E-state index in [2.05, 4.69) is 6.58 Å². The van der Waals surface area contributed by atoms with E-state index in [1.807, 2.05) is 43.9 Å². The molecule has 0 heterocycles. The van der Waals surface area contributed by atoms with E-state index < -0.39 is 23.8 Å². The molecule has 0 N–H and O–H groups in total. The van der Waals surface area contributed by atoms with E-state index in [9.17, 15) is 8.78 Å². The van der Waals surface area contributed by atoms with Gasteiger partial charge in [-0.05, 0) is 30.4 Å². The molecular formula is C13H19F2OSi2. The minimum Gasteiger partial charge on any atom is -0.452 e. The third-order valence-corrected chi connectivity index (χ3v) is 7.42. The molecule has 1 nitrogen and oxygen atoms in total. The summed E-state index contributed by atoms with van der Waals surface area (Å²) in [6.07, 6.45) is -0.618. The first-order valence-corrected chi connectivity index (χ1v) is 10.9. The summed E-state index contributed by atoms with van der Waals surface area (Å²) in [5, 5.41) is 0.903. The van der Waals surface area contributed by atoms with Gasteiger partial charge in [-0.3, -0.25) is 0 Å². The van der Waals surface area contributed by atoms with Gasteiger partial charge in [-0.2, -0.15) is 0 Å². The maximum absolute atomic E-state index is 12.7. The van der Waals surface area contributed by atoms with Crippen molar-refractivity contribution in [3.63, 3.8) is 0 Å². The van der Waals surface area contributed by atoms with Gasteiger partial charge in [0.25, 0.3) is 0 Å². The summed E-state index contributed by atoms with van der Waals surface area (Å²) in [6, 6.07) is 7.36. The van der Waals surface area contributed by atoms with Gasteiger partial charge >= 0.3 is 0 Å². The van der Waals surface area contributed by atoms with Crippen molar-refractivity contribution >= 4 is 28.6 Å². The molecule has 1 rings (SSSR count). The number of alkyl halides is 2. The molecule has 18 heavy (non-hydrogen) atoms. The van der Waals surface area contributed by atoms with Gasteiger partial charge in [0.05, 0.1) is 0 Å². The van der Waals surface area contributed by atoms with Crippen LogP contribution in [0.4, 0.5) is 8.78 Å². The largest absolute Gasteiger partial charge is 0.452 e. The Kier molecular flexibility index (Phi) is 5.43. The Balaban J connectivity index is 3.04. The van der Waals surface area contributed by atoms with Crippen LogP contribution in [-0.2, 0) is 4.12 Å². The second-order valence-electron chi connectivity index (χ2n) is 5.02. The van der Waals surface area contributed by atoms with E-state index >= 15 is 0 Å². The zero-order valence-electron chi connectivity index (χ0n) is 11.0. The Labute approximate surface area is 110 Å². The van der Waals surface area contributed by atoms with Crippen LogP contribution in [0.3, 0.4) is 0 Å². The Hall–Kier alpha value is -0.786. The molecule has 1 radical (unpaired) electrons. The number of hydrogen-bond donors (Lipinski definition) is 0. The second-order valence-corrected chi connectivity index (χ2v) is 11.9. The average molecular weight is 285 g/mol. The molecule has 0 atom stereocenters. The number of benzene rings is 1. The standard InChI is InChI=1S/C13H19F2OSi2/c1-5-11-8-6-7-9-12(11)17(10-13(14)15)16-18(2,3)4/h5-9,13H,1,10H2,2-4H3.